The van der Waals surface area contributed by atoms with E-state index in [1.165, 1.54) is 0 Å². The highest BCUT2D eigenvalue weighted by atomic mass is 79.9. The Labute approximate surface area is 141 Å². The summed E-state index contributed by atoms with van der Waals surface area (Å²) < 4.78 is 0.765. The minimum absolute atomic E-state index is 0.365. The van der Waals surface area contributed by atoms with E-state index in [2.05, 4.69) is 26.6 Å². The Morgan fingerprint density at radius 3 is 2.33 bits per heavy atom. The van der Waals surface area contributed by atoms with Crippen molar-refractivity contribution in [3.05, 3.63) is 56.0 Å². The van der Waals surface area contributed by atoms with Gasteiger partial charge in [0.2, 0.25) is 0 Å². The van der Waals surface area contributed by atoms with Crippen LogP contribution in [-0.2, 0) is 0 Å². The van der Waals surface area contributed by atoms with E-state index in [-0.39, 0.29) is 6.03 Å². The second kappa shape index (κ2) is 6.69. The lowest BCUT2D eigenvalue weighted by atomic mass is 10.2. The van der Waals surface area contributed by atoms with Crippen molar-refractivity contribution in [2.75, 3.05) is 10.6 Å². The summed E-state index contributed by atoms with van der Waals surface area (Å²) in [4.78, 5) is 12.0. The summed E-state index contributed by atoms with van der Waals surface area (Å²) in [6.07, 6.45) is 0. The van der Waals surface area contributed by atoms with Crippen molar-refractivity contribution >= 4 is 56.5 Å². The topological polar surface area (TPSA) is 41.1 Å². The van der Waals surface area contributed by atoms with Crippen LogP contribution in [0.15, 0.2) is 34.8 Å². The predicted molar refractivity (Wildman–Crippen MR) is 92.7 cm³/mol. The molecule has 0 saturated carbocycles. The highest BCUT2D eigenvalue weighted by molar-refractivity contribution is 9.10. The average molecular weight is 388 g/mol. The number of urea groups is 1. The normalized spacial score (nSPS) is 10.3. The van der Waals surface area contributed by atoms with E-state index in [4.69, 9.17) is 23.2 Å². The Hall–Kier alpha value is -1.23. The van der Waals surface area contributed by atoms with Crippen molar-refractivity contribution in [2.24, 2.45) is 0 Å². The Bertz CT molecular complexity index is 704. The van der Waals surface area contributed by atoms with Gasteiger partial charge in [-0.3, -0.25) is 0 Å². The molecule has 0 aliphatic carbocycles. The van der Waals surface area contributed by atoms with E-state index in [9.17, 15) is 4.79 Å². The van der Waals surface area contributed by atoms with E-state index in [0.29, 0.717) is 21.4 Å². The van der Waals surface area contributed by atoms with Gasteiger partial charge in [0, 0.05) is 20.2 Å². The molecular formula is C15H13BrCl2N2O. The Kier molecular flexibility index (Phi) is 5.14. The number of carbonyl (C=O) groups is 1. The fourth-order valence-electron chi connectivity index (χ4n) is 1.70. The molecule has 0 bridgehead atoms. The van der Waals surface area contributed by atoms with E-state index < -0.39 is 0 Å². The molecule has 0 radical (unpaired) electrons. The van der Waals surface area contributed by atoms with Gasteiger partial charge in [-0.15, -0.1) is 0 Å². The van der Waals surface area contributed by atoms with Crippen LogP contribution in [0.1, 0.15) is 11.1 Å². The molecule has 110 valence electrons. The fraction of sp³-hybridized carbons (Fsp3) is 0.133. The molecule has 0 aliphatic rings. The molecule has 2 amide bonds. The molecule has 0 atom stereocenters. The molecule has 0 aliphatic heterocycles. The van der Waals surface area contributed by atoms with E-state index in [0.717, 1.165) is 15.6 Å². The molecule has 0 aromatic heterocycles. The number of anilines is 2. The van der Waals surface area contributed by atoms with Gasteiger partial charge in [0.1, 0.15) is 0 Å². The van der Waals surface area contributed by atoms with Crippen LogP contribution in [0.3, 0.4) is 0 Å². The van der Waals surface area contributed by atoms with Crippen molar-refractivity contribution in [1.29, 1.82) is 0 Å². The molecular weight excluding hydrogens is 375 g/mol. The van der Waals surface area contributed by atoms with Crippen LogP contribution in [0.2, 0.25) is 10.0 Å². The lowest BCUT2D eigenvalue weighted by molar-refractivity contribution is 0.262. The summed E-state index contributed by atoms with van der Waals surface area (Å²) in [5.74, 6) is 0. The van der Waals surface area contributed by atoms with Crippen LogP contribution in [-0.4, -0.2) is 6.03 Å². The minimum Gasteiger partial charge on any atom is -0.308 e. The number of hydrogen-bond donors (Lipinski definition) is 2. The van der Waals surface area contributed by atoms with Crippen LogP contribution >= 0.6 is 39.1 Å². The zero-order valence-electron chi connectivity index (χ0n) is 11.4. The Morgan fingerprint density at radius 1 is 1.00 bits per heavy atom. The van der Waals surface area contributed by atoms with Gasteiger partial charge >= 0.3 is 6.03 Å². The number of benzene rings is 2. The molecule has 2 rings (SSSR count). The zero-order valence-corrected chi connectivity index (χ0v) is 14.5. The second-order valence-electron chi connectivity index (χ2n) is 4.62. The van der Waals surface area contributed by atoms with E-state index in [1.807, 2.05) is 26.0 Å². The molecule has 0 saturated heterocycles. The first kappa shape index (κ1) is 16.1. The fourth-order valence-corrected chi connectivity index (χ4v) is 2.60. The highest BCUT2D eigenvalue weighted by Gasteiger charge is 2.09. The number of halogens is 3. The summed E-state index contributed by atoms with van der Waals surface area (Å²) in [6.45, 7) is 3.79. The highest BCUT2D eigenvalue weighted by Crippen LogP contribution is 2.29. The lowest BCUT2D eigenvalue weighted by Gasteiger charge is -2.11. The number of carbonyl (C=O) groups excluding carboxylic acids is 1. The molecule has 2 N–H and O–H groups in total. The molecule has 0 fully saturated rings. The van der Waals surface area contributed by atoms with Crippen molar-refractivity contribution in [3.8, 4) is 0 Å². The summed E-state index contributed by atoms with van der Waals surface area (Å²) >= 11 is 15.5. The molecule has 21 heavy (non-hydrogen) atoms. The van der Waals surface area contributed by atoms with Crippen LogP contribution in [0.4, 0.5) is 16.2 Å². The van der Waals surface area contributed by atoms with Crippen molar-refractivity contribution in [2.45, 2.75) is 13.8 Å². The largest absolute Gasteiger partial charge is 0.323 e. The van der Waals surface area contributed by atoms with Crippen LogP contribution in [0.25, 0.3) is 0 Å². The molecule has 0 heterocycles. The second-order valence-corrected chi connectivity index (χ2v) is 6.29. The quantitative estimate of drug-likeness (QED) is 0.650. The van der Waals surface area contributed by atoms with Crippen molar-refractivity contribution < 1.29 is 4.79 Å². The van der Waals surface area contributed by atoms with Crippen LogP contribution in [0, 0.1) is 13.8 Å². The Balaban J connectivity index is 2.11. The minimum atomic E-state index is -0.365. The van der Waals surface area contributed by atoms with Gasteiger partial charge in [0.15, 0.2) is 0 Å². The molecule has 0 unspecified atom stereocenters. The summed E-state index contributed by atoms with van der Waals surface area (Å²) in [6, 6.07) is 8.52. The third kappa shape index (κ3) is 4.13. The van der Waals surface area contributed by atoms with E-state index >= 15 is 0 Å². The van der Waals surface area contributed by atoms with Gasteiger partial charge in [0.05, 0.1) is 5.69 Å². The molecule has 2 aromatic rings. The number of rotatable bonds is 2. The number of amides is 2. The lowest BCUT2D eigenvalue weighted by Crippen LogP contribution is -2.19. The maximum Gasteiger partial charge on any atom is 0.323 e. The summed E-state index contributed by atoms with van der Waals surface area (Å²) in [5.41, 5.74) is 3.11. The van der Waals surface area contributed by atoms with Gasteiger partial charge in [-0.2, -0.15) is 0 Å². The number of hydrogen-bond acceptors (Lipinski definition) is 1. The van der Waals surface area contributed by atoms with Gasteiger partial charge < -0.3 is 10.6 Å². The average Bonchev–Trinajstić information content (AvgIpc) is 2.40. The van der Waals surface area contributed by atoms with Gasteiger partial charge in [-0.05, 0) is 65.2 Å². The monoisotopic (exact) mass is 386 g/mol. The predicted octanol–water partition coefficient (Wildman–Crippen LogP) is 6.02. The Morgan fingerprint density at radius 2 is 1.67 bits per heavy atom. The van der Waals surface area contributed by atoms with Crippen LogP contribution in [0.5, 0.6) is 0 Å². The van der Waals surface area contributed by atoms with E-state index in [1.54, 1.807) is 18.2 Å². The first-order chi connectivity index (χ1) is 9.86. The number of nitrogens with one attached hydrogen (secondary N) is 2. The summed E-state index contributed by atoms with van der Waals surface area (Å²) in [5, 5.41) is 6.65. The summed E-state index contributed by atoms with van der Waals surface area (Å²) in [7, 11) is 0. The van der Waals surface area contributed by atoms with Crippen molar-refractivity contribution in [1.82, 2.24) is 0 Å². The zero-order chi connectivity index (χ0) is 15.6. The van der Waals surface area contributed by atoms with Gasteiger partial charge in [-0.25, -0.2) is 4.79 Å². The number of aryl methyl sites for hydroxylation is 2. The van der Waals surface area contributed by atoms with Gasteiger partial charge in [0.25, 0.3) is 0 Å². The first-order valence-electron chi connectivity index (χ1n) is 6.16. The third-order valence-corrected chi connectivity index (χ3v) is 4.40. The van der Waals surface area contributed by atoms with Crippen LogP contribution < -0.4 is 10.6 Å². The maximum absolute atomic E-state index is 12.0. The van der Waals surface area contributed by atoms with Gasteiger partial charge in [-0.1, -0.05) is 29.3 Å². The maximum atomic E-state index is 12.0. The first-order valence-corrected chi connectivity index (χ1v) is 7.71. The van der Waals surface area contributed by atoms with Crippen molar-refractivity contribution in [3.63, 3.8) is 0 Å². The molecule has 3 nitrogen and oxygen atoms in total. The smallest absolute Gasteiger partial charge is 0.308 e. The molecule has 2 aromatic carbocycles. The third-order valence-electron chi connectivity index (χ3n) is 2.93. The molecule has 0 spiro atoms. The molecule has 6 heteroatoms. The SMILES string of the molecule is Cc1ccc(NC(=O)Nc2cc(Cl)c(C)cc2Br)cc1Cl. The standard InChI is InChI=1S/C15H13BrCl2N2O/c1-8-3-4-10(6-12(8)17)19-15(21)20-14-7-13(18)9(2)5-11(14)16/h3-7H,1-2H3,(H2,19,20,21).